The highest BCUT2D eigenvalue weighted by Crippen LogP contribution is 2.45. The number of nitrogens with zero attached hydrogens (tertiary/aromatic N) is 4. The number of amides is 1. The smallest absolute Gasteiger partial charge is 0.274 e. The maximum atomic E-state index is 12.8. The zero-order chi connectivity index (χ0) is 19.6. The minimum atomic E-state index is 0.0186. The van der Waals surface area contributed by atoms with E-state index < -0.39 is 0 Å². The highest BCUT2D eigenvalue weighted by Gasteiger charge is 2.42. The Bertz CT molecular complexity index is 797. The molecule has 1 aromatic heterocycles. The van der Waals surface area contributed by atoms with Gasteiger partial charge in [-0.15, -0.1) is 0 Å². The van der Waals surface area contributed by atoms with Crippen LogP contribution in [0.3, 0.4) is 0 Å². The van der Waals surface area contributed by atoms with Gasteiger partial charge >= 0.3 is 0 Å². The fraction of sp³-hybridized carbons (Fsp3) is 0.522. The first-order chi connectivity index (χ1) is 13.6. The fourth-order valence-corrected chi connectivity index (χ4v) is 4.90. The first-order valence-corrected chi connectivity index (χ1v) is 10.4. The number of carbonyl (C=O) groups is 1. The number of rotatable bonds is 3. The van der Waals surface area contributed by atoms with E-state index >= 15 is 0 Å². The molecule has 4 rings (SSSR count). The Morgan fingerprint density at radius 3 is 2.54 bits per heavy atom. The van der Waals surface area contributed by atoms with Gasteiger partial charge in [-0.05, 0) is 49.6 Å². The molecule has 0 unspecified atom stereocenters. The minimum Gasteiger partial charge on any atom is -0.337 e. The molecule has 0 radical (unpaired) electrons. The van der Waals surface area contributed by atoms with Crippen LogP contribution in [0.1, 0.15) is 53.8 Å². The van der Waals surface area contributed by atoms with Crippen molar-refractivity contribution in [3.05, 3.63) is 59.7 Å². The van der Waals surface area contributed by atoms with Crippen LogP contribution < -0.4 is 0 Å². The second-order valence-electron chi connectivity index (χ2n) is 8.47. The topological polar surface area (TPSA) is 49.3 Å². The van der Waals surface area contributed by atoms with E-state index in [1.165, 1.54) is 12.0 Å². The van der Waals surface area contributed by atoms with Crippen LogP contribution in [0, 0.1) is 12.3 Å². The molecule has 0 bridgehead atoms. The van der Waals surface area contributed by atoms with Crippen molar-refractivity contribution < 1.29 is 4.79 Å². The second-order valence-corrected chi connectivity index (χ2v) is 8.47. The highest BCUT2D eigenvalue weighted by molar-refractivity contribution is 5.92. The summed E-state index contributed by atoms with van der Waals surface area (Å²) in [6, 6.07) is 10.9. The molecular formula is C23H30N4O. The lowest BCUT2D eigenvalue weighted by molar-refractivity contribution is 0.0156. The molecule has 2 saturated heterocycles. The molecule has 0 saturated carbocycles. The standard InChI is InChI=1S/C23H30N4O/c1-3-26-16-20(19-7-5-4-6-8-19)13-23(17-26)9-11-27(12-10-23)22(28)21-15-24-18(2)14-25-21/h4-8,14-15,20H,3,9-13,16-17H2,1-2H3/t20-/m0/s1. The van der Waals surface area contributed by atoms with Crippen molar-refractivity contribution in [2.75, 3.05) is 32.7 Å². The molecule has 148 valence electrons. The van der Waals surface area contributed by atoms with Crippen molar-refractivity contribution in [1.29, 1.82) is 0 Å². The predicted octanol–water partition coefficient (Wildman–Crippen LogP) is 3.52. The van der Waals surface area contributed by atoms with Gasteiger partial charge in [0.1, 0.15) is 5.69 Å². The summed E-state index contributed by atoms with van der Waals surface area (Å²) < 4.78 is 0. The van der Waals surface area contributed by atoms with E-state index in [4.69, 9.17) is 0 Å². The number of benzene rings is 1. The van der Waals surface area contributed by atoms with Gasteiger partial charge in [-0.1, -0.05) is 37.3 Å². The van der Waals surface area contributed by atoms with E-state index in [1.807, 2.05) is 11.8 Å². The highest BCUT2D eigenvalue weighted by atomic mass is 16.2. The molecule has 1 amide bonds. The third kappa shape index (κ3) is 3.95. The molecule has 1 aromatic carbocycles. The summed E-state index contributed by atoms with van der Waals surface area (Å²) in [4.78, 5) is 25.9. The Kier molecular flexibility index (Phi) is 5.44. The normalized spacial score (nSPS) is 22.4. The zero-order valence-corrected chi connectivity index (χ0v) is 17.0. The van der Waals surface area contributed by atoms with Crippen LogP contribution in [-0.4, -0.2) is 58.4 Å². The van der Waals surface area contributed by atoms with Gasteiger partial charge in [-0.2, -0.15) is 0 Å². The lowest BCUT2D eigenvalue weighted by Gasteiger charge is -2.50. The predicted molar refractivity (Wildman–Crippen MR) is 110 cm³/mol. The third-order valence-electron chi connectivity index (χ3n) is 6.55. The SMILES string of the molecule is CCN1C[C@@H](c2ccccc2)CC2(CCN(C(=O)c3cnc(C)cn3)CC2)C1. The molecule has 1 spiro atoms. The van der Waals surface area contributed by atoms with E-state index in [9.17, 15) is 4.79 Å². The number of likely N-dealkylation sites (tertiary alicyclic amines) is 2. The number of piperidine rings is 2. The Labute approximate surface area is 167 Å². The summed E-state index contributed by atoms with van der Waals surface area (Å²) in [6.07, 6.45) is 6.63. The number of aromatic nitrogens is 2. The lowest BCUT2D eigenvalue weighted by atomic mass is 9.68. The Balaban J connectivity index is 1.45. The number of hydrogen-bond acceptors (Lipinski definition) is 4. The Morgan fingerprint density at radius 2 is 1.89 bits per heavy atom. The van der Waals surface area contributed by atoms with Gasteiger partial charge in [0.2, 0.25) is 0 Å². The van der Waals surface area contributed by atoms with Crippen LogP contribution in [0.2, 0.25) is 0 Å². The number of carbonyl (C=O) groups excluding carboxylic acids is 1. The van der Waals surface area contributed by atoms with Gasteiger partial charge in [0.05, 0.1) is 11.9 Å². The first-order valence-electron chi connectivity index (χ1n) is 10.4. The summed E-state index contributed by atoms with van der Waals surface area (Å²) in [5, 5.41) is 0. The number of aryl methyl sites for hydroxylation is 1. The average Bonchev–Trinajstić information content (AvgIpc) is 2.74. The molecule has 5 heteroatoms. The Morgan fingerprint density at radius 1 is 1.14 bits per heavy atom. The van der Waals surface area contributed by atoms with Crippen LogP contribution >= 0.6 is 0 Å². The van der Waals surface area contributed by atoms with Gasteiger partial charge in [0.25, 0.3) is 5.91 Å². The molecule has 0 N–H and O–H groups in total. The summed E-state index contributed by atoms with van der Waals surface area (Å²) in [6.45, 7) is 9.16. The quantitative estimate of drug-likeness (QED) is 0.820. The van der Waals surface area contributed by atoms with Crippen molar-refractivity contribution >= 4 is 5.91 Å². The van der Waals surface area contributed by atoms with E-state index in [2.05, 4.69) is 52.1 Å². The fourth-order valence-electron chi connectivity index (χ4n) is 4.90. The van der Waals surface area contributed by atoms with E-state index in [0.717, 1.165) is 51.3 Å². The van der Waals surface area contributed by atoms with Crippen molar-refractivity contribution in [2.45, 2.75) is 39.0 Å². The van der Waals surface area contributed by atoms with Gasteiger partial charge in [0, 0.05) is 32.4 Å². The molecule has 3 heterocycles. The molecule has 0 aliphatic carbocycles. The lowest BCUT2D eigenvalue weighted by Crippen LogP contribution is -2.52. The van der Waals surface area contributed by atoms with E-state index in [1.54, 1.807) is 12.4 Å². The van der Waals surface area contributed by atoms with E-state index in [0.29, 0.717) is 17.0 Å². The molecule has 28 heavy (non-hydrogen) atoms. The summed E-state index contributed by atoms with van der Waals surface area (Å²) >= 11 is 0. The van der Waals surface area contributed by atoms with Crippen LogP contribution in [0.5, 0.6) is 0 Å². The summed E-state index contributed by atoms with van der Waals surface area (Å²) in [5.74, 6) is 0.602. The monoisotopic (exact) mass is 378 g/mol. The minimum absolute atomic E-state index is 0.0186. The van der Waals surface area contributed by atoms with Crippen molar-refractivity contribution in [2.24, 2.45) is 5.41 Å². The molecule has 2 aromatic rings. The number of likely N-dealkylation sites (N-methyl/N-ethyl adjacent to an activating group) is 1. The maximum Gasteiger partial charge on any atom is 0.274 e. The summed E-state index contributed by atoms with van der Waals surface area (Å²) in [7, 11) is 0. The maximum absolute atomic E-state index is 12.8. The van der Waals surface area contributed by atoms with Crippen molar-refractivity contribution in [3.63, 3.8) is 0 Å². The van der Waals surface area contributed by atoms with Crippen molar-refractivity contribution in [1.82, 2.24) is 19.8 Å². The van der Waals surface area contributed by atoms with Crippen molar-refractivity contribution in [3.8, 4) is 0 Å². The van der Waals surface area contributed by atoms with Gasteiger partial charge in [0.15, 0.2) is 0 Å². The van der Waals surface area contributed by atoms with E-state index in [-0.39, 0.29) is 5.91 Å². The number of hydrogen-bond donors (Lipinski definition) is 0. The molecule has 2 fully saturated rings. The molecular weight excluding hydrogens is 348 g/mol. The molecule has 5 nitrogen and oxygen atoms in total. The van der Waals surface area contributed by atoms with Gasteiger partial charge in [-0.25, -0.2) is 4.98 Å². The molecule has 2 aliphatic heterocycles. The van der Waals surface area contributed by atoms with Crippen LogP contribution in [0.4, 0.5) is 0 Å². The largest absolute Gasteiger partial charge is 0.337 e. The van der Waals surface area contributed by atoms with Crippen LogP contribution in [0.25, 0.3) is 0 Å². The van der Waals surface area contributed by atoms with Gasteiger partial charge in [-0.3, -0.25) is 9.78 Å². The van der Waals surface area contributed by atoms with Crippen LogP contribution in [-0.2, 0) is 0 Å². The Hall–Kier alpha value is -2.27. The van der Waals surface area contributed by atoms with Gasteiger partial charge < -0.3 is 9.80 Å². The average molecular weight is 379 g/mol. The molecule has 2 aliphatic rings. The zero-order valence-electron chi connectivity index (χ0n) is 17.0. The third-order valence-corrected chi connectivity index (χ3v) is 6.55. The molecule has 1 atom stereocenters. The van der Waals surface area contributed by atoms with Crippen LogP contribution in [0.15, 0.2) is 42.7 Å². The second kappa shape index (κ2) is 8.00. The first kappa shape index (κ1) is 19.1. The summed E-state index contributed by atoms with van der Waals surface area (Å²) in [5.41, 5.74) is 3.06.